The second-order valence-electron chi connectivity index (χ2n) is 4.03. The third-order valence-electron chi connectivity index (χ3n) is 2.84. The Hall–Kier alpha value is -1.17. The zero-order chi connectivity index (χ0) is 13.8. The minimum Gasteiger partial charge on any atom is -0.394 e. The Kier molecular flexibility index (Phi) is 5.07. The maximum absolute atomic E-state index is 13.0. The van der Waals surface area contributed by atoms with Crippen molar-refractivity contribution in [2.24, 2.45) is 0 Å². The van der Waals surface area contributed by atoms with Crippen LogP contribution < -0.4 is 5.32 Å². The summed E-state index contributed by atoms with van der Waals surface area (Å²) in [6.07, 6.45) is 0.362. The van der Waals surface area contributed by atoms with Crippen LogP contribution in [0.15, 0.2) is 18.2 Å². The maximum atomic E-state index is 13.0. The van der Waals surface area contributed by atoms with Crippen molar-refractivity contribution < 1.29 is 19.4 Å². The average Bonchev–Trinajstić information content (AvgIpc) is 2.39. The molecule has 1 aromatic rings. The predicted molar refractivity (Wildman–Crippen MR) is 66.1 cm³/mol. The number of halogens is 2. The van der Waals surface area contributed by atoms with E-state index in [9.17, 15) is 19.4 Å². The van der Waals surface area contributed by atoms with Gasteiger partial charge in [0.1, 0.15) is 5.82 Å². The molecule has 0 unspecified atom stereocenters. The molecule has 0 fully saturated rings. The Labute approximate surface area is 109 Å². The second-order valence-corrected chi connectivity index (χ2v) is 4.44. The van der Waals surface area contributed by atoms with Crippen molar-refractivity contribution in [2.75, 3.05) is 13.2 Å². The molecule has 0 radical (unpaired) electrons. The van der Waals surface area contributed by atoms with Gasteiger partial charge in [0.15, 0.2) is 0 Å². The summed E-state index contributed by atoms with van der Waals surface area (Å²) in [4.78, 5) is 11.9. The third kappa shape index (κ3) is 3.19. The van der Waals surface area contributed by atoms with Crippen molar-refractivity contribution >= 4 is 17.5 Å². The number of aliphatic hydroxyl groups excluding tert-OH is 2. The lowest BCUT2D eigenvalue weighted by Gasteiger charge is -2.29. The zero-order valence-electron chi connectivity index (χ0n) is 9.91. The van der Waals surface area contributed by atoms with Crippen LogP contribution in [-0.2, 0) is 0 Å². The summed E-state index contributed by atoms with van der Waals surface area (Å²) < 4.78 is 13.0. The van der Waals surface area contributed by atoms with E-state index in [0.29, 0.717) is 6.42 Å². The quantitative estimate of drug-likeness (QED) is 0.760. The molecule has 0 spiro atoms. The van der Waals surface area contributed by atoms with E-state index in [0.717, 1.165) is 6.07 Å². The zero-order valence-corrected chi connectivity index (χ0v) is 10.7. The molecule has 4 nitrogen and oxygen atoms in total. The molecule has 0 saturated heterocycles. The number of nitrogens with one attached hydrogen (secondary N) is 1. The monoisotopic (exact) mass is 275 g/mol. The lowest BCUT2D eigenvalue weighted by atomic mass is 9.98. The van der Waals surface area contributed by atoms with Gasteiger partial charge in [-0.25, -0.2) is 4.39 Å². The molecular formula is C12H15ClFNO3. The Morgan fingerprint density at radius 2 is 2.06 bits per heavy atom. The number of aliphatic hydroxyl groups is 2. The molecule has 0 aliphatic carbocycles. The molecule has 1 aromatic carbocycles. The van der Waals surface area contributed by atoms with Gasteiger partial charge in [0.05, 0.1) is 23.8 Å². The second kappa shape index (κ2) is 6.13. The van der Waals surface area contributed by atoms with E-state index in [2.05, 4.69) is 5.32 Å². The molecule has 0 aromatic heterocycles. The van der Waals surface area contributed by atoms with E-state index in [-0.39, 0.29) is 23.8 Å². The molecule has 18 heavy (non-hydrogen) atoms. The summed E-state index contributed by atoms with van der Waals surface area (Å²) in [6.45, 7) is 0.950. The molecule has 1 rings (SSSR count). The first-order valence-corrected chi connectivity index (χ1v) is 5.85. The minimum absolute atomic E-state index is 0.155. The SMILES string of the molecule is CCC(CO)(CO)NC(=O)c1ccc(F)c(Cl)c1. The van der Waals surface area contributed by atoms with Crippen LogP contribution >= 0.6 is 11.6 Å². The third-order valence-corrected chi connectivity index (χ3v) is 3.13. The van der Waals surface area contributed by atoms with Crippen LogP contribution in [-0.4, -0.2) is 34.9 Å². The van der Waals surface area contributed by atoms with Gasteiger partial charge in [0, 0.05) is 5.56 Å². The largest absolute Gasteiger partial charge is 0.394 e. The summed E-state index contributed by atoms with van der Waals surface area (Å²) in [6, 6.07) is 3.57. The molecule has 0 saturated carbocycles. The van der Waals surface area contributed by atoms with Crippen LogP contribution in [0.1, 0.15) is 23.7 Å². The normalized spacial score (nSPS) is 11.4. The van der Waals surface area contributed by atoms with Crippen LogP contribution in [0.5, 0.6) is 0 Å². The fraction of sp³-hybridized carbons (Fsp3) is 0.417. The first kappa shape index (κ1) is 14.9. The number of hydrogen-bond donors (Lipinski definition) is 3. The lowest BCUT2D eigenvalue weighted by Crippen LogP contribution is -2.53. The van der Waals surface area contributed by atoms with E-state index < -0.39 is 17.3 Å². The summed E-state index contributed by atoms with van der Waals surface area (Å²) in [5, 5.41) is 20.8. The van der Waals surface area contributed by atoms with Gasteiger partial charge in [0.25, 0.3) is 5.91 Å². The highest BCUT2D eigenvalue weighted by Crippen LogP contribution is 2.17. The van der Waals surface area contributed by atoms with Crippen molar-refractivity contribution in [1.29, 1.82) is 0 Å². The summed E-state index contributed by atoms with van der Waals surface area (Å²) in [7, 11) is 0. The van der Waals surface area contributed by atoms with Crippen LogP contribution in [0.25, 0.3) is 0 Å². The molecule has 0 aliphatic rings. The van der Waals surface area contributed by atoms with E-state index in [1.807, 2.05) is 0 Å². The van der Waals surface area contributed by atoms with Gasteiger partial charge in [-0.3, -0.25) is 4.79 Å². The van der Waals surface area contributed by atoms with Gasteiger partial charge in [-0.1, -0.05) is 18.5 Å². The van der Waals surface area contributed by atoms with Gasteiger partial charge in [-0.05, 0) is 24.6 Å². The first-order valence-electron chi connectivity index (χ1n) is 5.47. The number of amides is 1. The number of hydrogen-bond acceptors (Lipinski definition) is 3. The van der Waals surface area contributed by atoms with Crippen molar-refractivity contribution in [3.05, 3.63) is 34.6 Å². The first-order chi connectivity index (χ1) is 8.48. The lowest BCUT2D eigenvalue weighted by molar-refractivity contribution is 0.0653. The highest BCUT2D eigenvalue weighted by atomic mass is 35.5. The van der Waals surface area contributed by atoms with Crippen molar-refractivity contribution in [1.82, 2.24) is 5.32 Å². The minimum atomic E-state index is -1.09. The number of benzene rings is 1. The fourth-order valence-corrected chi connectivity index (χ4v) is 1.57. The summed E-state index contributed by atoms with van der Waals surface area (Å²) >= 11 is 5.58. The highest BCUT2D eigenvalue weighted by Gasteiger charge is 2.29. The number of rotatable bonds is 5. The van der Waals surface area contributed by atoms with Gasteiger partial charge >= 0.3 is 0 Å². The highest BCUT2D eigenvalue weighted by molar-refractivity contribution is 6.31. The van der Waals surface area contributed by atoms with E-state index in [1.165, 1.54) is 12.1 Å². The predicted octanol–water partition coefficient (Wildman–Crippen LogP) is 1.34. The van der Waals surface area contributed by atoms with E-state index in [1.54, 1.807) is 6.92 Å². The molecule has 0 heterocycles. The fourth-order valence-electron chi connectivity index (χ4n) is 1.39. The molecule has 3 N–H and O–H groups in total. The molecule has 6 heteroatoms. The Balaban J connectivity index is 2.90. The topological polar surface area (TPSA) is 69.6 Å². The Bertz CT molecular complexity index is 427. The Morgan fingerprint density at radius 3 is 2.50 bits per heavy atom. The molecule has 1 amide bonds. The van der Waals surface area contributed by atoms with Crippen molar-refractivity contribution in [3.8, 4) is 0 Å². The summed E-state index contributed by atoms with van der Waals surface area (Å²) in [5.41, 5.74) is -0.918. The smallest absolute Gasteiger partial charge is 0.251 e. The Morgan fingerprint density at radius 1 is 1.44 bits per heavy atom. The van der Waals surface area contributed by atoms with Crippen molar-refractivity contribution in [3.63, 3.8) is 0 Å². The van der Waals surface area contributed by atoms with E-state index >= 15 is 0 Å². The maximum Gasteiger partial charge on any atom is 0.251 e. The van der Waals surface area contributed by atoms with Gasteiger partial charge in [0.2, 0.25) is 0 Å². The van der Waals surface area contributed by atoms with Gasteiger partial charge in [-0.15, -0.1) is 0 Å². The standard InChI is InChI=1S/C12H15ClFNO3/c1-2-12(6-16,7-17)15-11(18)8-3-4-10(14)9(13)5-8/h3-5,16-17H,2,6-7H2,1H3,(H,15,18). The molecule has 0 aliphatic heterocycles. The molecule has 100 valence electrons. The molecular weight excluding hydrogens is 261 g/mol. The number of carbonyl (C=O) groups excluding carboxylic acids is 1. The molecule has 0 bridgehead atoms. The van der Waals surface area contributed by atoms with Gasteiger partial charge < -0.3 is 15.5 Å². The van der Waals surface area contributed by atoms with Crippen LogP contribution in [0.3, 0.4) is 0 Å². The van der Waals surface area contributed by atoms with Crippen LogP contribution in [0, 0.1) is 5.82 Å². The van der Waals surface area contributed by atoms with Crippen LogP contribution in [0.4, 0.5) is 4.39 Å². The van der Waals surface area contributed by atoms with Crippen LogP contribution in [0.2, 0.25) is 5.02 Å². The molecule has 0 atom stereocenters. The average molecular weight is 276 g/mol. The van der Waals surface area contributed by atoms with E-state index in [4.69, 9.17) is 11.6 Å². The van der Waals surface area contributed by atoms with Crippen molar-refractivity contribution in [2.45, 2.75) is 18.9 Å². The summed E-state index contributed by atoms with van der Waals surface area (Å²) in [5.74, 6) is -1.14. The van der Waals surface area contributed by atoms with Gasteiger partial charge in [-0.2, -0.15) is 0 Å². The number of carbonyl (C=O) groups is 1.